The highest BCUT2D eigenvalue weighted by atomic mass is 14.9. The van der Waals surface area contributed by atoms with Gasteiger partial charge in [-0.05, 0) is 0 Å². The fourth-order valence-electron chi connectivity index (χ4n) is 0.270. The highest BCUT2D eigenvalue weighted by Gasteiger charge is 1.75. The van der Waals surface area contributed by atoms with Gasteiger partial charge in [0.25, 0.3) is 0 Å². The van der Waals surface area contributed by atoms with Crippen LogP contribution in [-0.2, 0) is 0 Å². The van der Waals surface area contributed by atoms with Crippen molar-refractivity contribution in [2.45, 2.75) is 0 Å². The first kappa shape index (κ1) is 4.05. The van der Waals surface area contributed by atoms with E-state index in [0.717, 1.165) is 0 Å². The lowest BCUT2D eigenvalue weighted by Crippen LogP contribution is -1.87. The van der Waals surface area contributed by atoms with E-state index in [0.29, 0.717) is 5.82 Å². The molecule has 0 aliphatic rings. The standard InChI is InChI=1S/C4H4N3/c5-4-1-2-6-3-7-4/h2-3H,(H2,5,6,7). The SMILES string of the molecule is Nc1[c]cncn1. The number of nitrogens with two attached hydrogens (primary N) is 1. The van der Waals surface area contributed by atoms with Crippen molar-refractivity contribution in [1.29, 1.82) is 0 Å². The van der Waals surface area contributed by atoms with Crippen LogP contribution < -0.4 is 5.73 Å². The van der Waals surface area contributed by atoms with E-state index < -0.39 is 0 Å². The molecule has 0 saturated carbocycles. The minimum absolute atomic E-state index is 0.384. The summed E-state index contributed by atoms with van der Waals surface area (Å²) in [6.07, 6.45) is 2.86. The summed E-state index contributed by atoms with van der Waals surface area (Å²) >= 11 is 0. The number of nitrogen functional groups attached to an aromatic ring is 1. The largest absolute Gasteiger partial charge is 0.383 e. The highest BCUT2D eigenvalue weighted by Crippen LogP contribution is 1.84. The van der Waals surface area contributed by atoms with Gasteiger partial charge < -0.3 is 5.73 Å². The Balaban J connectivity index is 3.02. The fraction of sp³-hybridized carbons (Fsp3) is 0. The Bertz CT molecular complexity index is 137. The molecule has 1 aromatic rings. The molecule has 0 aliphatic carbocycles. The number of aromatic nitrogens is 2. The lowest BCUT2D eigenvalue weighted by molar-refractivity contribution is 1.17. The molecule has 0 amide bonds. The molecule has 7 heavy (non-hydrogen) atoms. The number of anilines is 1. The smallest absolute Gasteiger partial charge is 0.134 e. The van der Waals surface area contributed by atoms with Crippen LogP contribution in [0.25, 0.3) is 0 Å². The molecular weight excluding hydrogens is 90.1 g/mol. The Hall–Kier alpha value is -1.12. The van der Waals surface area contributed by atoms with E-state index in [4.69, 9.17) is 5.73 Å². The second-order valence-corrected chi connectivity index (χ2v) is 1.05. The van der Waals surface area contributed by atoms with Gasteiger partial charge in [-0.25, -0.2) is 9.97 Å². The normalized spacial score (nSPS) is 8.57. The third kappa shape index (κ3) is 0.855. The summed E-state index contributed by atoms with van der Waals surface area (Å²) in [6, 6.07) is 2.59. The predicted octanol–water partition coefficient (Wildman–Crippen LogP) is -0.141. The molecule has 35 valence electrons. The average molecular weight is 94.1 g/mol. The van der Waals surface area contributed by atoms with Crippen molar-refractivity contribution in [3.63, 3.8) is 0 Å². The molecule has 0 unspecified atom stereocenters. The maximum absolute atomic E-state index is 5.15. The van der Waals surface area contributed by atoms with Gasteiger partial charge in [-0.15, -0.1) is 0 Å². The van der Waals surface area contributed by atoms with E-state index in [1.807, 2.05) is 0 Å². The minimum Gasteiger partial charge on any atom is -0.383 e. The quantitative estimate of drug-likeness (QED) is 0.486. The third-order valence-electron chi connectivity index (χ3n) is 0.550. The van der Waals surface area contributed by atoms with Crippen LogP contribution in [0.5, 0.6) is 0 Å². The van der Waals surface area contributed by atoms with Gasteiger partial charge in [0, 0.05) is 12.3 Å². The van der Waals surface area contributed by atoms with Gasteiger partial charge in [0.15, 0.2) is 0 Å². The van der Waals surface area contributed by atoms with E-state index >= 15 is 0 Å². The van der Waals surface area contributed by atoms with Crippen LogP contribution in [0.1, 0.15) is 0 Å². The summed E-state index contributed by atoms with van der Waals surface area (Å²) in [5, 5.41) is 0. The topological polar surface area (TPSA) is 51.8 Å². The van der Waals surface area contributed by atoms with Crippen molar-refractivity contribution in [1.82, 2.24) is 9.97 Å². The van der Waals surface area contributed by atoms with Gasteiger partial charge in [0.1, 0.15) is 12.1 Å². The second kappa shape index (κ2) is 1.55. The molecule has 0 aliphatic heterocycles. The van der Waals surface area contributed by atoms with E-state index in [2.05, 4.69) is 16.0 Å². The van der Waals surface area contributed by atoms with Crippen molar-refractivity contribution < 1.29 is 0 Å². The van der Waals surface area contributed by atoms with Crippen LogP contribution in [0.4, 0.5) is 5.82 Å². The summed E-state index contributed by atoms with van der Waals surface area (Å²) in [5.74, 6) is 0.384. The van der Waals surface area contributed by atoms with Crippen molar-refractivity contribution in [3.8, 4) is 0 Å². The minimum atomic E-state index is 0.384. The van der Waals surface area contributed by atoms with Gasteiger partial charge >= 0.3 is 0 Å². The molecular formula is C4H4N3. The number of hydrogen-bond acceptors (Lipinski definition) is 3. The van der Waals surface area contributed by atoms with E-state index in [1.165, 1.54) is 12.5 Å². The third-order valence-corrected chi connectivity index (χ3v) is 0.550. The van der Waals surface area contributed by atoms with E-state index in [1.54, 1.807) is 0 Å². The molecule has 0 atom stereocenters. The lowest BCUT2D eigenvalue weighted by Gasteiger charge is -1.81. The zero-order valence-electron chi connectivity index (χ0n) is 3.63. The van der Waals surface area contributed by atoms with Crippen LogP contribution in [0.2, 0.25) is 0 Å². The lowest BCUT2D eigenvalue weighted by atomic mass is 10.6. The van der Waals surface area contributed by atoms with Crippen LogP contribution in [0.15, 0.2) is 12.5 Å². The molecule has 1 rings (SSSR count). The fourth-order valence-corrected chi connectivity index (χ4v) is 0.270. The zero-order chi connectivity index (χ0) is 5.11. The molecule has 1 radical (unpaired) electrons. The highest BCUT2D eigenvalue weighted by molar-refractivity contribution is 5.20. The summed E-state index contributed by atoms with van der Waals surface area (Å²) < 4.78 is 0. The molecule has 0 spiro atoms. The van der Waals surface area contributed by atoms with Gasteiger partial charge in [-0.2, -0.15) is 0 Å². The first-order valence-corrected chi connectivity index (χ1v) is 1.83. The predicted molar refractivity (Wildman–Crippen MR) is 25.3 cm³/mol. The summed E-state index contributed by atoms with van der Waals surface area (Å²) in [6.45, 7) is 0. The Labute approximate surface area is 41.2 Å². The number of rotatable bonds is 0. The molecule has 0 saturated heterocycles. The van der Waals surface area contributed by atoms with Gasteiger partial charge in [0.2, 0.25) is 0 Å². The van der Waals surface area contributed by atoms with Crippen LogP contribution in [0.3, 0.4) is 0 Å². The van der Waals surface area contributed by atoms with Crippen LogP contribution in [-0.4, -0.2) is 9.97 Å². The molecule has 0 fully saturated rings. The second-order valence-electron chi connectivity index (χ2n) is 1.05. The van der Waals surface area contributed by atoms with E-state index in [-0.39, 0.29) is 0 Å². The Morgan fingerprint density at radius 2 is 2.57 bits per heavy atom. The van der Waals surface area contributed by atoms with Crippen molar-refractivity contribution in [3.05, 3.63) is 18.6 Å². The molecule has 0 bridgehead atoms. The first-order chi connectivity index (χ1) is 3.39. The molecule has 2 N–H and O–H groups in total. The Morgan fingerprint density at radius 3 is 2.86 bits per heavy atom. The van der Waals surface area contributed by atoms with Gasteiger partial charge in [0.05, 0.1) is 0 Å². The molecule has 1 aromatic heterocycles. The Kier molecular flexibility index (Phi) is 0.898. The molecule has 1 heterocycles. The van der Waals surface area contributed by atoms with E-state index in [9.17, 15) is 0 Å². The maximum atomic E-state index is 5.15. The number of nitrogens with zero attached hydrogens (tertiary/aromatic N) is 2. The van der Waals surface area contributed by atoms with Crippen LogP contribution in [0, 0.1) is 6.07 Å². The summed E-state index contributed by atoms with van der Waals surface area (Å²) in [4.78, 5) is 7.19. The Morgan fingerprint density at radius 1 is 1.71 bits per heavy atom. The summed E-state index contributed by atoms with van der Waals surface area (Å²) in [5.41, 5.74) is 5.15. The van der Waals surface area contributed by atoms with Gasteiger partial charge in [-0.3, -0.25) is 0 Å². The van der Waals surface area contributed by atoms with Gasteiger partial charge in [-0.1, -0.05) is 0 Å². The van der Waals surface area contributed by atoms with Crippen molar-refractivity contribution >= 4 is 5.82 Å². The van der Waals surface area contributed by atoms with Crippen molar-refractivity contribution in [2.24, 2.45) is 0 Å². The van der Waals surface area contributed by atoms with Crippen LogP contribution >= 0.6 is 0 Å². The molecule has 0 aromatic carbocycles. The first-order valence-electron chi connectivity index (χ1n) is 1.83. The molecule has 3 nitrogen and oxygen atoms in total. The average Bonchev–Trinajstić information content (AvgIpc) is 1.69. The summed E-state index contributed by atoms with van der Waals surface area (Å²) in [7, 11) is 0. The maximum Gasteiger partial charge on any atom is 0.134 e. The molecule has 3 heteroatoms. The monoisotopic (exact) mass is 94.0 g/mol. The zero-order valence-corrected chi connectivity index (χ0v) is 3.63. The van der Waals surface area contributed by atoms with Crippen molar-refractivity contribution in [2.75, 3.05) is 5.73 Å². The number of hydrogen-bond donors (Lipinski definition) is 1.